The second-order valence-electron chi connectivity index (χ2n) is 9.16. The largest absolute Gasteiger partial charge is 0.349 e. The first-order valence-corrected chi connectivity index (χ1v) is 11.8. The molecule has 1 saturated heterocycles. The summed E-state index contributed by atoms with van der Waals surface area (Å²) in [6.07, 6.45) is 12.3. The molecule has 1 aliphatic carbocycles. The number of allylic oxidation sites excluding steroid dienone is 3. The number of pyridine rings is 1. The molecule has 1 fully saturated rings. The molecule has 1 aromatic heterocycles. The molecule has 6 heteroatoms. The third kappa shape index (κ3) is 4.57. The number of hydrogen-bond donors (Lipinski definition) is 2. The van der Waals surface area contributed by atoms with Gasteiger partial charge >= 0.3 is 0 Å². The van der Waals surface area contributed by atoms with Crippen molar-refractivity contribution in [3.8, 4) is 0 Å². The standard InChI is InChI=1S/C27H32N6/c1-19-14-23(10-12-29-19)27(31-28)22-8-9-26-24(15-22)16-33(20(2)30-26)25-17-32(18-25)13-11-21-6-4-3-5-7-21/h4,6-10,12,14-15,25,30H,2-3,5,11,13,16-18,28H2,1H3/b31-27+. The van der Waals surface area contributed by atoms with Gasteiger partial charge in [-0.1, -0.05) is 36.4 Å². The summed E-state index contributed by atoms with van der Waals surface area (Å²) in [7, 11) is 0. The van der Waals surface area contributed by atoms with Crippen LogP contribution in [0.5, 0.6) is 0 Å². The number of hydrazone groups is 1. The van der Waals surface area contributed by atoms with Gasteiger partial charge < -0.3 is 16.1 Å². The zero-order chi connectivity index (χ0) is 22.8. The van der Waals surface area contributed by atoms with Gasteiger partial charge in [0.1, 0.15) is 0 Å². The number of nitrogens with zero attached hydrogens (tertiary/aromatic N) is 4. The van der Waals surface area contributed by atoms with Gasteiger partial charge in [-0.3, -0.25) is 9.88 Å². The maximum atomic E-state index is 5.80. The first kappa shape index (κ1) is 21.5. The molecule has 0 radical (unpaired) electrons. The number of fused-ring (bicyclic) bond motifs is 1. The van der Waals surface area contributed by atoms with Crippen molar-refractivity contribution in [1.82, 2.24) is 14.8 Å². The lowest BCUT2D eigenvalue weighted by Crippen LogP contribution is -2.59. The van der Waals surface area contributed by atoms with Crippen LogP contribution in [-0.4, -0.2) is 46.2 Å². The Balaban J connectivity index is 1.25. The summed E-state index contributed by atoms with van der Waals surface area (Å²) in [5.74, 6) is 6.78. The Labute approximate surface area is 196 Å². The summed E-state index contributed by atoms with van der Waals surface area (Å²) < 4.78 is 0. The minimum Gasteiger partial charge on any atom is -0.349 e. The number of benzene rings is 1. The van der Waals surface area contributed by atoms with Gasteiger partial charge in [0, 0.05) is 54.9 Å². The lowest BCUT2D eigenvalue weighted by atomic mass is 9.97. The fourth-order valence-electron chi connectivity index (χ4n) is 4.92. The molecule has 6 nitrogen and oxygen atoms in total. The van der Waals surface area contributed by atoms with Crippen LogP contribution in [0.4, 0.5) is 5.69 Å². The van der Waals surface area contributed by atoms with Gasteiger partial charge in [0.2, 0.25) is 0 Å². The molecule has 0 unspecified atom stereocenters. The Kier molecular flexibility index (Phi) is 6.01. The zero-order valence-corrected chi connectivity index (χ0v) is 19.3. The molecule has 0 bridgehead atoms. The van der Waals surface area contributed by atoms with Crippen LogP contribution in [0.2, 0.25) is 0 Å². The predicted molar refractivity (Wildman–Crippen MR) is 135 cm³/mol. The molecule has 3 aliphatic rings. The second-order valence-corrected chi connectivity index (χ2v) is 9.16. The Morgan fingerprint density at radius 2 is 2.06 bits per heavy atom. The van der Waals surface area contributed by atoms with Crippen LogP contribution in [0.25, 0.3) is 0 Å². The van der Waals surface area contributed by atoms with Crippen molar-refractivity contribution < 1.29 is 0 Å². The highest BCUT2D eigenvalue weighted by Crippen LogP contribution is 2.32. The summed E-state index contributed by atoms with van der Waals surface area (Å²) in [5.41, 5.74) is 7.54. The predicted octanol–water partition coefficient (Wildman–Crippen LogP) is 4.15. The van der Waals surface area contributed by atoms with Crippen LogP contribution < -0.4 is 11.2 Å². The van der Waals surface area contributed by atoms with E-state index in [1.165, 1.54) is 24.0 Å². The average Bonchev–Trinajstić information content (AvgIpc) is 2.79. The average molecular weight is 441 g/mol. The van der Waals surface area contributed by atoms with Gasteiger partial charge in [-0.25, -0.2) is 0 Å². The number of aromatic nitrogens is 1. The minimum absolute atomic E-state index is 0.489. The monoisotopic (exact) mass is 440 g/mol. The number of nitrogens with two attached hydrogens (primary N) is 1. The number of anilines is 1. The van der Waals surface area contributed by atoms with Gasteiger partial charge in [-0.05, 0) is 56.0 Å². The van der Waals surface area contributed by atoms with E-state index >= 15 is 0 Å². The number of likely N-dealkylation sites (tertiary alicyclic amines) is 1. The molecule has 0 atom stereocenters. The minimum atomic E-state index is 0.489. The van der Waals surface area contributed by atoms with Crippen LogP contribution >= 0.6 is 0 Å². The van der Waals surface area contributed by atoms with Gasteiger partial charge in [-0.15, -0.1) is 0 Å². The van der Waals surface area contributed by atoms with Crippen molar-refractivity contribution in [1.29, 1.82) is 0 Å². The molecule has 0 spiro atoms. The topological polar surface area (TPSA) is 69.8 Å². The second kappa shape index (κ2) is 9.24. The van der Waals surface area contributed by atoms with Crippen LogP contribution in [-0.2, 0) is 6.54 Å². The SMILES string of the molecule is C=C1Nc2ccc(/C(=N\N)c3ccnc(C)c3)cc2CN1C1CN(CCC2=CCCC=C2)C1. The molecule has 170 valence electrons. The van der Waals surface area contributed by atoms with Crippen molar-refractivity contribution in [3.05, 3.63) is 95.1 Å². The molecule has 0 amide bonds. The molecule has 33 heavy (non-hydrogen) atoms. The van der Waals surface area contributed by atoms with Crippen molar-refractivity contribution in [2.24, 2.45) is 10.9 Å². The smallest absolute Gasteiger partial charge is 0.0990 e. The summed E-state index contributed by atoms with van der Waals surface area (Å²) in [6, 6.07) is 10.8. The van der Waals surface area contributed by atoms with Crippen molar-refractivity contribution in [3.63, 3.8) is 0 Å². The molecule has 5 rings (SSSR count). The first-order valence-electron chi connectivity index (χ1n) is 11.8. The van der Waals surface area contributed by atoms with Crippen LogP contribution in [0.3, 0.4) is 0 Å². The van der Waals surface area contributed by atoms with E-state index in [1.54, 1.807) is 6.20 Å². The highest BCUT2D eigenvalue weighted by molar-refractivity contribution is 6.13. The van der Waals surface area contributed by atoms with Gasteiger partial charge in [-0.2, -0.15) is 5.10 Å². The van der Waals surface area contributed by atoms with E-state index in [0.29, 0.717) is 6.04 Å². The van der Waals surface area contributed by atoms with Crippen molar-refractivity contribution in [2.45, 2.75) is 38.8 Å². The lowest BCUT2D eigenvalue weighted by Gasteiger charge is -2.48. The molecular weight excluding hydrogens is 408 g/mol. The molecule has 0 saturated carbocycles. The van der Waals surface area contributed by atoms with E-state index < -0.39 is 0 Å². The summed E-state index contributed by atoms with van der Waals surface area (Å²) in [4.78, 5) is 9.23. The molecule has 2 aromatic rings. The highest BCUT2D eigenvalue weighted by Gasteiger charge is 2.34. The highest BCUT2D eigenvalue weighted by atomic mass is 15.4. The summed E-state index contributed by atoms with van der Waals surface area (Å²) in [5, 5.41) is 7.61. The quantitative estimate of drug-likeness (QED) is 0.401. The Morgan fingerprint density at radius 3 is 2.82 bits per heavy atom. The Hall–Kier alpha value is -3.38. The van der Waals surface area contributed by atoms with E-state index in [4.69, 9.17) is 5.84 Å². The van der Waals surface area contributed by atoms with E-state index in [1.807, 2.05) is 19.1 Å². The van der Waals surface area contributed by atoms with Crippen LogP contribution in [0.1, 0.15) is 41.6 Å². The third-order valence-electron chi connectivity index (χ3n) is 6.81. The van der Waals surface area contributed by atoms with E-state index in [9.17, 15) is 0 Å². The number of aryl methyl sites for hydroxylation is 1. The Bertz CT molecular complexity index is 1140. The van der Waals surface area contributed by atoms with Crippen molar-refractivity contribution in [2.75, 3.05) is 25.0 Å². The number of rotatable bonds is 6. The normalized spacial score (nSPS) is 19.1. The molecule has 1 aromatic carbocycles. The fourth-order valence-corrected chi connectivity index (χ4v) is 4.92. The van der Waals surface area contributed by atoms with Gasteiger partial charge in [0.25, 0.3) is 0 Å². The number of hydrogen-bond acceptors (Lipinski definition) is 6. The molecule has 3 N–H and O–H groups in total. The third-order valence-corrected chi connectivity index (χ3v) is 6.81. The summed E-state index contributed by atoms with van der Waals surface area (Å²) in [6.45, 7) is 10.4. The lowest BCUT2D eigenvalue weighted by molar-refractivity contribution is 0.0505. The zero-order valence-electron chi connectivity index (χ0n) is 19.3. The van der Waals surface area contributed by atoms with Gasteiger partial charge in [0.15, 0.2) is 0 Å². The maximum absolute atomic E-state index is 5.80. The van der Waals surface area contributed by atoms with Crippen LogP contribution in [0.15, 0.2) is 77.8 Å². The first-order chi connectivity index (χ1) is 16.1. The van der Waals surface area contributed by atoms with E-state index in [0.717, 1.165) is 66.6 Å². The molecular formula is C27H32N6. The van der Waals surface area contributed by atoms with Gasteiger partial charge in [0.05, 0.1) is 17.6 Å². The van der Waals surface area contributed by atoms with E-state index in [-0.39, 0.29) is 0 Å². The van der Waals surface area contributed by atoms with Crippen molar-refractivity contribution >= 4 is 11.4 Å². The summed E-state index contributed by atoms with van der Waals surface area (Å²) >= 11 is 0. The van der Waals surface area contributed by atoms with Crippen LogP contribution in [0, 0.1) is 6.92 Å². The van der Waals surface area contributed by atoms with E-state index in [2.05, 4.69) is 68.2 Å². The maximum Gasteiger partial charge on any atom is 0.0990 e. The number of nitrogens with one attached hydrogen (secondary N) is 1. The fraction of sp³-hybridized carbons (Fsp3) is 0.333. The Morgan fingerprint density at radius 1 is 1.21 bits per heavy atom. The molecule has 2 aliphatic heterocycles. The molecule has 3 heterocycles.